The molecular weight excluding hydrogens is 508 g/mol. The van der Waals surface area contributed by atoms with Crippen LogP contribution in [0.15, 0.2) is 54.6 Å². The minimum atomic E-state index is -3.90. The second-order valence-electron chi connectivity index (χ2n) is 8.06. The van der Waals surface area contributed by atoms with E-state index in [-0.39, 0.29) is 17.2 Å². The summed E-state index contributed by atoms with van der Waals surface area (Å²) in [6, 6.07) is 13.3. The number of carbonyl (C=O) groups excluding carboxylic acids is 2. The van der Waals surface area contributed by atoms with Crippen LogP contribution in [0.5, 0.6) is 5.75 Å². The highest BCUT2D eigenvalue weighted by Gasteiger charge is 2.22. The average Bonchev–Trinajstić information content (AvgIpc) is 2.79. The Balaban J connectivity index is 1.96. The molecule has 0 spiro atoms. The Bertz CT molecular complexity index is 1200. The van der Waals surface area contributed by atoms with E-state index in [0.717, 1.165) is 6.42 Å². The van der Waals surface area contributed by atoms with Gasteiger partial charge in [0.1, 0.15) is 5.75 Å². The van der Waals surface area contributed by atoms with Crippen LogP contribution in [0, 0.1) is 6.42 Å². The summed E-state index contributed by atoms with van der Waals surface area (Å²) in [6.07, 6.45) is 1.55. The highest BCUT2D eigenvalue weighted by Crippen LogP contribution is 2.17. The Morgan fingerprint density at radius 2 is 1.64 bits per heavy atom. The molecular formula is C23H31N4O7S2. The number of carbonyl (C=O) groups is 2. The van der Waals surface area contributed by atoms with Crippen LogP contribution in [0.2, 0.25) is 0 Å². The van der Waals surface area contributed by atoms with Gasteiger partial charge in [-0.25, -0.2) is 21.6 Å². The largest absolute Gasteiger partial charge is 0.411 e. The lowest BCUT2D eigenvalue weighted by Crippen LogP contribution is -2.42. The van der Waals surface area contributed by atoms with Gasteiger partial charge in [-0.05, 0) is 49.2 Å². The molecule has 0 aliphatic heterocycles. The highest BCUT2D eigenvalue weighted by atomic mass is 32.2. The quantitative estimate of drug-likeness (QED) is 0.244. The van der Waals surface area contributed by atoms with Crippen molar-refractivity contribution >= 4 is 37.5 Å². The van der Waals surface area contributed by atoms with Gasteiger partial charge in [-0.2, -0.15) is 0 Å². The van der Waals surface area contributed by atoms with Crippen molar-refractivity contribution < 1.29 is 31.2 Å². The van der Waals surface area contributed by atoms with Gasteiger partial charge in [-0.1, -0.05) is 36.8 Å². The van der Waals surface area contributed by atoms with Gasteiger partial charge in [0, 0.05) is 11.7 Å². The third-order valence-corrected chi connectivity index (χ3v) is 7.71. The fourth-order valence-electron chi connectivity index (χ4n) is 3.28. The number of amides is 2. The molecule has 2 aromatic carbocycles. The molecule has 0 fully saturated rings. The van der Waals surface area contributed by atoms with Gasteiger partial charge in [0.25, 0.3) is 0 Å². The van der Waals surface area contributed by atoms with E-state index in [0.29, 0.717) is 31.4 Å². The number of rotatable bonds is 15. The standard InChI is InChI=1S/C23H31N4O7S2/c24-14-5-4-8-20(17-36(32,33)27-19-9-11-21(12-10-19)34-23(25)29)26-22(28)13-15-35(30,31)16-18-6-2-1-3-7-18/h1-3,6-7,9-13,20,27H,4-5,8,14-17,24H2,(H2,25,29)(H,26,28). The Morgan fingerprint density at radius 1 is 0.972 bits per heavy atom. The molecule has 1 unspecified atom stereocenters. The molecule has 0 aliphatic carbocycles. The van der Waals surface area contributed by atoms with Crippen LogP contribution in [-0.2, 0) is 30.4 Å². The van der Waals surface area contributed by atoms with Gasteiger partial charge >= 0.3 is 6.09 Å². The maximum atomic E-state index is 12.7. The van der Waals surface area contributed by atoms with Crippen LogP contribution in [-0.4, -0.2) is 52.9 Å². The third kappa shape index (κ3) is 11.5. The summed E-state index contributed by atoms with van der Waals surface area (Å²) in [7, 11) is -7.47. The highest BCUT2D eigenvalue weighted by molar-refractivity contribution is 7.92. The van der Waals surface area contributed by atoms with Crippen molar-refractivity contribution in [1.82, 2.24) is 5.32 Å². The summed E-state index contributed by atoms with van der Waals surface area (Å²) in [4.78, 5) is 23.2. The van der Waals surface area contributed by atoms with Crippen molar-refractivity contribution in [3.63, 3.8) is 0 Å². The summed E-state index contributed by atoms with van der Waals surface area (Å²) in [6.45, 7) is 0.412. The summed E-state index contributed by atoms with van der Waals surface area (Å²) in [5.74, 6) is -1.65. The summed E-state index contributed by atoms with van der Waals surface area (Å²) in [5.41, 5.74) is 11.3. The minimum Gasteiger partial charge on any atom is -0.411 e. The number of nitrogens with one attached hydrogen (secondary N) is 2. The third-order valence-electron chi connectivity index (χ3n) is 4.87. The van der Waals surface area contributed by atoms with Gasteiger partial charge in [-0.3, -0.25) is 9.52 Å². The van der Waals surface area contributed by atoms with Gasteiger partial charge < -0.3 is 21.5 Å². The van der Waals surface area contributed by atoms with Gasteiger partial charge in [-0.15, -0.1) is 0 Å². The van der Waals surface area contributed by atoms with Crippen molar-refractivity contribution in [2.24, 2.45) is 11.5 Å². The molecule has 11 nitrogen and oxygen atoms in total. The first-order chi connectivity index (χ1) is 17.0. The van der Waals surface area contributed by atoms with E-state index in [1.807, 2.05) is 0 Å². The van der Waals surface area contributed by atoms with E-state index in [4.69, 9.17) is 16.2 Å². The number of unbranched alkanes of at least 4 members (excludes halogenated alkanes) is 1. The fraction of sp³-hybridized carbons (Fsp3) is 0.348. The SMILES string of the molecule is NCCCCC(CS(=O)(=O)Nc1ccc(OC(N)=O)cc1)NC(=O)[CH]CS(=O)(=O)Cc1ccccc1. The number of ether oxygens (including phenoxy) is 1. The first-order valence-corrected chi connectivity index (χ1v) is 14.6. The van der Waals surface area contributed by atoms with Crippen molar-refractivity contribution in [1.29, 1.82) is 0 Å². The topological polar surface area (TPSA) is 188 Å². The normalized spacial score (nSPS) is 12.5. The fourth-order valence-corrected chi connectivity index (χ4v) is 5.86. The lowest BCUT2D eigenvalue weighted by molar-refractivity contribution is -0.118. The predicted octanol–water partition coefficient (Wildman–Crippen LogP) is 1.32. The molecule has 0 aromatic heterocycles. The molecule has 1 radical (unpaired) electrons. The minimum absolute atomic E-state index is 0.148. The number of hydrogen-bond donors (Lipinski definition) is 4. The zero-order valence-corrected chi connectivity index (χ0v) is 21.3. The van der Waals surface area contributed by atoms with Crippen LogP contribution in [0.25, 0.3) is 0 Å². The predicted molar refractivity (Wildman–Crippen MR) is 137 cm³/mol. The van der Waals surface area contributed by atoms with Crippen LogP contribution in [0.3, 0.4) is 0 Å². The maximum absolute atomic E-state index is 12.7. The lowest BCUT2D eigenvalue weighted by atomic mass is 10.1. The van der Waals surface area contributed by atoms with E-state index in [9.17, 15) is 26.4 Å². The zero-order valence-electron chi connectivity index (χ0n) is 19.6. The van der Waals surface area contributed by atoms with E-state index < -0.39 is 49.4 Å². The van der Waals surface area contributed by atoms with Crippen molar-refractivity contribution in [2.75, 3.05) is 22.8 Å². The molecule has 0 aliphatic rings. The van der Waals surface area contributed by atoms with Crippen LogP contribution >= 0.6 is 0 Å². The van der Waals surface area contributed by atoms with Crippen LogP contribution < -0.4 is 26.2 Å². The first kappa shape index (κ1) is 29.1. The summed E-state index contributed by atoms with van der Waals surface area (Å²) >= 11 is 0. The average molecular weight is 540 g/mol. The van der Waals surface area contributed by atoms with Gasteiger partial charge in [0.2, 0.25) is 15.9 Å². The van der Waals surface area contributed by atoms with Crippen LogP contribution in [0.4, 0.5) is 10.5 Å². The second-order valence-corrected chi connectivity index (χ2v) is 11.9. The number of primary amides is 1. The smallest absolute Gasteiger partial charge is 0.409 e. The number of hydrogen-bond acceptors (Lipinski definition) is 8. The number of sulfone groups is 1. The van der Waals surface area contributed by atoms with E-state index in [1.54, 1.807) is 30.3 Å². The van der Waals surface area contributed by atoms with Crippen LogP contribution in [0.1, 0.15) is 24.8 Å². The van der Waals surface area contributed by atoms with Crippen molar-refractivity contribution in [3.8, 4) is 5.75 Å². The van der Waals surface area contributed by atoms with Gasteiger partial charge in [0.15, 0.2) is 9.84 Å². The molecule has 197 valence electrons. The number of nitrogens with two attached hydrogens (primary N) is 2. The van der Waals surface area contributed by atoms with Crippen molar-refractivity contribution in [3.05, 3.63) is 66.6 Å². The Morgan fingerprint density at radius 3 is 2.25 bits per heavy atom. The molecule has 0 saturated carbocycles. The molecule has 0 bridgehead atoms. The number of anilines is 1. The van der Waals surface area contributed by atoms with E-state index in [2.05, 4.69) is 10.0 Å². The monoisotopic (exact) mass is 539 g/mol. The molecule has 2 amide bonds. The van der Waals surface area contributed by atoms with Gasteiger partial charge in [0.05, 0.1) is 23.7 Å². The Hall–Kier alpha value is -3.16. The number of benzene rings is 2. The van der Waals surface area contributed by atoms with E-state index in [1.165, 1.54) is 24.3 Å². The summed E-state index contributed by atoms with van der Waals surface area (Å²) in [5, 5.41) is 2.59. The molecule has 0 heterocycles. The Labute approximate surface area is 211 Å². The molecule has 6 N–H and O–H groups in total. The molecule has 2 rings (SSSR count). The maximum Gasteiger partial charge on any atom is 0.409 e. The molecule has 36 heavy (non-hydrogen) atoms. The summed E-state index contributed by atoms with van der Waals surface area (Å²) < 4.78 is 57.2. The molecule has 13 heteroatoms. The molecule has 0 saturated heterocycles. The number of sulfonamides is 1. The van der Waals surface area contributed by atoms with Crippen molar-refractivity contribution in [2.45, 2.75) is 31.1 Å². The van der Waals surface area contributed by atoms with E-state index >= 15 is 0 Å². The first-order valence-electron chi connectivity index (χ1n) is 11.1. The zero-order chi connectivity index (χ0) is 26.6. The lowest BCUT2D eigenvalue weighted by Gasteiger charge is -2.19. The molecule has 1 atom stereocenters. The molecule has 2 aromatic rings. The Kier molecular flexibility index (Phi) is 11.1. The second kappa shape index (κ2) is 13.8.